The molecule has 0 bridgehead atoms. The summed E-state index contributed by atoms with van der Waals surface area (Å²) in [7, 11) is 0. The molecule has 2 saturated heterocycles. The Bertz CT molecular complexity index is 398. The monoisotopic (exact) mass is 297 g/mol. The molecule has 0 atom stereocenters. The summed E-state index contributed by atoms with van der Waals surface area (Å²) in [5, 5.41) is 13.9. The summed E-state index contributed by atoms with van der Waals surface area (Å²) >= 11 is 0. The van der Waals surface area contributed by atoms with Crippen molar-refractivity contribution in [1.29, 1.82) is 0 Å². The van der Waals surface area contributed by atoms with Gasteiger partial charge in [-0.2, -0.15) is 0 Å². The molecule has 2 heterocycles. The van der Waals surface area contributed by atoms with Crippen LogP contribution in [0.5, 0.6) is 0 Å². The number of nitrogens with one attached hydrogen (secondary N) is 1. The minimum absolute atomic E-state index is 0.0757. The lowest BCUT2D eigenvalue weighted by Crippen LogP contribution is -2.72. The lowest BCUT2D eigenvalue weighted by Gasteiger charge is -2.62. The van der Waals surface area contributed by atoms with Crippen LogP contribution in [0.25, 0.3) is 0 Å². The summed E-state index contributed by atoms with van der Waals surface area (Å²) in [5.41, 5.74) is -0.353. The molecular formula is C16H31N3O2. The Kier molecular flexibility index (Phi) is 4.54. The molecule has 21 heavy (non-hydrogen) atoms. The minimum Gasteiger partial charge on any atom is -0.388 e. The fourth-order valence-corrected chi connectivity index (χ4v) is 2.93. The molecular weight excluding hydrogens is 266 g/mol. The standard InChI is InChI=1S/C16H31N3O2/c1-6-17-13(19-12-14(2,3)15(19,4)5)18-11-16(20)7-9-21-10-8-16/h20H,6-12H2,1-5H3,(H,17,18). The highest BCUT2D eigenvalue weighted by Gasteiger charge is 2.53. The van der Waals surface area contributed by atoms with Crippen LogP contribution in [0, 0.1) is 5.41 Å². The van der Waals surface area contributed by atoms with Gasteiger partial charge in [0.25, 0.3) is 0 Å². The predicted molar refractivity (Wildman–Crippen MR) is 85.5 cm³/mol. The van der Waals surface area contributed by atoms with Crippen molar-refractivity contribution in [1.82, 2.24) is 10.2 Å². The summed E-state index contributed by atoms with van der Waals surface area (Å²) < 4.78 is 5.32. The van der Waals surface area contributed by atoms with E-state index in [0.29, 0.717) is 32.6 Å². The third-order valence-electron chi connectivity index (χ3n) is 5.42. The van der Waals surface area contributed by atoms with Crippen LogP contribution in [0.15, 0.2) is 4.99 Å². The highest BCUT2D eigenvalue weighted by Crippen LogP contribution is 2.46. The van der Waals surface area contributed by atoms with Gasteiger partial charge in [0.15, 0.2) is 5.96 Å². The van der Waals surface area contributed by atoms with Crippen molar-refractivity contribution >= 4 is 5.96 Å². The highest BCUT2D eigenvalue weighted by atomic mass is 16.5. The quantitative estimate of drug-likeness (QED) is 0.614. The molecule has 0 unspecified atom stereocenters. The Morgan fingerprint density at radius 2 is 1.86 bits per heavy atom. The van der Waals surface area contributed by atoms with Gasteiger partial charge in [-0.25, -0.2) is 0 Å². The molecule has 0 radical (unpaired) electrons. The van der Waals surface area contributed by atoms with Gasteiger partial charge >= 0.3 is 0 Å². The van der Waals surface area contributed by atoms with Crippen molar-refractivity contribution in [3.63, 3.8) is 0 Å². The highest BCUT2D eigenvalue weighted by molar-refractivity contribution is 5.82. The molecule has 0 saturated carbocycles. The average Bonchev–Trinajstić information content (AvgIpc) is 2.42. The Balaban J connectivity index is 2.07. The molecule has 2 N–H and O–H groups in total. The maximum absolute atomic E-state index is 10.6. The second-order valence-electron chi connectivity index (χ2n) is 7.54. The number of guanidine groups is 1. The van der Waals surface area contributed by atoms with Crippen molar-refractivity contribution in [2.24, 2.45) is 10.4 Å². The molecule has 0 aliphatic carbocycles. The van der Waals surface area contributed by atoms with Gasteiger partial charge < -0.3 is 20.1 Å². The van der Waals surface area contributed by atoms with E-state index in [1.807, 2.05) is 0 Å². The Morgan fingerprint density at radius 3 is 2.33 bits per heavy atom. The fraction of sp³-hybridized carbons (Fsp3) is 0.938. The number of rotatable bonds is 3. The van der Waals surface area contributed by atoms with Crippen LogP contribution in [0.1, 0.15) is 47.5 Å². The molecule has 2 rings (SSSR count). The van der Waals surface area contributed by atoms with Crippen molar-refractivity contribution in [2.45, 2.75) is 58.6 Å². The summed E-state index contributed by atoms with van der Waals surface area (Å²) in [6.45, 7) is 14.7. The lowest BCUT2D eigenvalue weighted by molar-refractivity contribution is -0.0696. The van der Waals surface area contributed by atoms with Gasteiger partial charge in [0.1, 0.15) is 0 Å². The first-order valence-electron chi connectivity index (χ1n) is 8.08. The Hall–Kier alpha value is -0.810. The van der Waals surface area contributed by atoms with Crippen LogP contribution in [-0.4, -0.2) is 60.0 Å². The first-order chi connectivity index (χ1) is 9.72. The minimum atomic E-state index is -0.705. The van der Waals surface area contributed by atoms with E-state index >= 15 is 0 Å². The molecule has 5 heteroatoms. The van der Waals surface area contributed by atoms with Crippen LogP contribution in [0.2, 0.25) is 0 Å². The summed E-state index contributed by atoms with van der Waals surface area (Å²) in [5.74, 6) is 0.918. The lowest BCUT2D eigenvalue weighted by atomic mass is 9.65. The SMILES string of the molecule is CCNC(=NCC1(O)CCOCC1)N1CC(C)(C)C1(C)C. The third-order valence-corrected chi connectivity index (χ3v) is 5.42. The normalized spacial score (nSPS) is 27.1. The summed E-state index contributed by atoms with van der Waals surface area (Å²) in [4.78, 5) is 7.04. The maximum Gasteiger partial charge on any atom is 0.194 e. The first-order valence-corrected chi connectivity index (χ1v) is 8.08. The van der Waals surface area contributed by atoms with E-state index in [0.717, 1.165) is 19.0 Å². The number of aliphatic hydroxyl groups is 1. The van der Waals surface area contributed by atoms with Gasteiger partial charge in [-0.1, -0.05) is 13.8 Å². The van der Waals surface area contributed by atoms with Gasteiger partial charge in [0.2, 0.25) is 0 Å². The largest absolute Gasteiger partial charge is 0.388 e. The summed E-state index contributed by atoms with van der Waals surface area (Å²) in [6, 6.07) is 0. The van der Waals surface area contributed by atoms with Crippen LogP contribution >= 0.6 is 0 Å². The van der Waals surface area contributed by atoms with E-state index in [1.54, 1.807) is 0 Å². The van der Waals surface area contributed by atoms with Crippen molar-refractivity contribution in [3.8, 4) is 0 Å². The Morgan fingerprint density at radius 1 is 1.24 bits per heavy atom. The van der Waals surface area contributed by atoms with Gasteiger partial charge in [-0.05, 0) is 20.8 Å². The number of hydrogen-bond donors (Lipinski definition) is 2. The van der Waals surface area contributed by atoms with E-state index in [-0.39, 0.29) is 11.0 Å². The molecule has 5 nitrogen and oxygen atoms in total. The zero-order chi connectivity index (χ0) is 15.7. The van der Waals surface area contributed by atoms with Gasteiger partial charge in [-0.3, -0.25) is 4.99 Å². The van der Waals surface area contributed by atoms with Crippen LogP contribution in [0.3, 0.4) is 0 Å². The topological polar surface area (TPSA) is 57.1 Å². The molecule has 0 aromatic carbocycles. The van der Waals surface area contributed by atoms with Crippen LogP contribution < -0.4 is 5.32 Å². The molecule has 122 valence electrons. The molecule has 0 aromatic heterocycles. The molecule has 2 aliphatic rings. The number of aliphatic imine (C=N–C) groups is 1. The van der Waals surface area contributed by atoms with E-state index in [4.69, 9.17) is 9.73 Å². The maximum atomic E-state index is 10.6. The van der Waals surface area contributed by atoms with Crippen LogP contribution in [-0.2, 0) is 4.74 Å². The van der Waals surface area contributed by atoms with Crippen molar-refractivity contribution in [2.75, 3.05) is 32.8 Å². The molecule has 0 aromatic rings. The van der Waals surface area contributed by atoms with Gasteiger partial charge in [0, 0.05) is 50.1 Å². The number of ether oxygens (including phenoxy) is 1. The van der Waals surface area contributed by atoms with Crippen molar-refractivity contribution in [3.05, 3.63) is 0 Å². The molecule has 2 fully saturated rings. The average molecular weight is 297 g/mol. The van der Waals surface area contributed by atoms with E-state index < -0.39 is 5.60 Å². The third kappa shape index (κ3) is 3.19. The van der Waals surface area contributed by atoms with E-state index in [2.05, 4.69) is 44.8 Å². The van der Waals surface area contributed by atoms with Crippen molar-refractivity contribution < 1.29 is 9.84 Å². The number of nitrogens with zero attached hydrogens (tertiary/aromatic N) is 2. The van der Waals surface area contributed by atoms with Gasteiger partial charge in [-0.15, -0.1) is 0 Å². The first kappa shape index (κ1) is 16.6. The fourth-order valence-electron chi connectivity index (χ4n) is 2.93. The predicted octanol–water partition coefficient (Wildman–Crippen LogP) is 1.61. The second kappa shape index (κ2) is 5.76. The number of likely N-dealkylation sites (tertiary alicyclic amines) is 1. The molecule has 0 spiro atoms. The number of hydrogen-bond acceptors (Lipinski definition) is 3. The van der Waals surface area contributed by atoms with E-state index in [1.165, 1.54) is 0 Å². The summed E-state index contributed by atoms with van der Waals surface area (Å²) in [6.07, 6.45) is 1.34. The Labute approximate surface area is 128 Å². The molecule has 0 amide bonds. The van der Waals surface area contributed by atoms with Crippen LogP contribution in [0.4, 0.5) is 0 Å². The smallest absolute Gasteiger partial charge is 0.194 e. The second-order valence-corrected chi connectivity index (χ2v) is 7.54. The van der Waals surface area contributed by atoms with Gasteiger partial charge in [0.05, 0.1) is 12.1 Å². The zero-order valence-corrected chi connectivity index (χ0v) is 14.2. The van der Waals surface area contributed by atoms with E-state index in [9.17, 15) is 5.11 Å². The molecule has 2 aliphatic heterocycles. The zero-order valence-electron chi connectivity index (χ0n) is 14.2.